The highest BCUT2D eigenvalue weighted by molar-refractivity contribution is 5.73. The maximum absolute atomic E-state index is 11.6. The number of nitrogens with zero attached hydrogens (tertiary/aromatic N) is 3. The van der Waals surface area contributed by atoms with Gasteiger partial charge in [-0.05, 0) is 30.7 Å². The monoisotopic (exact) mass is 352 g/mol. The number of ether oxygens (including phenoxy) is 2. The van der Waals surface area contributed by atoms with E-state index >= 15 is 0 Å². The van der Waals surface area contributed by atoms with Crippen molar-refractivity contribution in [2.75, 3.05) is 44.6 Å². The van der Waals surface area contributed by atoms with Gasteiger partial charge in [0.05, 0.1) is 12.3 Å². The Bertz CT molecular complexity index is 570. The Morgan fingerprint density at radius 2 is 1.84 bits per heavy atom. The molecule has 25 heavy (non-hydrogen) atoms. The molecule has 1 aliphatic heterocycles. The van der Waals surface area contributed by atoms with Crippen LogP contribution in [0.15, 0.2) is 24.3 Å². The lowest BCUT2D eigenvalue weighted by Gasteiger charge is -2.34. The Labute approximate surface area is 145 Å². The van der Waals surface area contributed by atoms with Crippen molar-refractivity contribution in [1.29, 1.82) is 0 Å². The van der Waals surface area contributed by atoms with Crippen LogP contribution in [-0.2, 0) is 9.53 Å². The van der Waals surface area contributed by atoms with Crippen LogP contribution in [0.4, 0.5) is 10.5 Å². The van der Waals surface area contributed by atoms with Crippen LogP contribution >= 0.6 is 0 Å². The normalized spacial score (nSPS) is 14.9. The maximum atomic E-state index is 11.6. The van der Waals surface area contributed by atoms with Gasteiger partial charge >= 0.3 is 6.16 Å². The lowest BCUT2D eigenvalue weighted by Crippen LogP contribution is -2.48. The van der Waals surface area contributed by atoms with Gasteiger partial charge < -0.3 is 24.8 Å². The predicted molar refractivity (Wildman–Crippen MR) is 89.4 cm³/mol. The van der Waals surface area contributed by atoms with Gasteiger partial charge in [-0.25, -0.2) is 4.79 Å². The van der Waals surface area contributed by atoms with Gasteiger partial charge in [0.1, 0.15) is 5.75 Å². The van der Waals surface area contributed by atoms with Crippen molar-refractivity contribution in [3.8, 4) is 5.75 Å². The quantitative estimate of drug-likeness (QED) is 0.355. The maximum Gasteiger partial charge on any atom is 0.513 e. The largest absolute Gasteiger partial charge is 0.733 e. The minimum Gasteiger partial charge on any atom is -0.733 e. The fraction of sp³-hybridized carbons (Fsp3) is 0.500. The van der Waals surface area contributed by atoms with Gasteiger partial charge in [-0.3, -0.25) is 14.9 Å². The predicted octanol–water partition coefficient (Wildman–Crippen LogP) is 1.45. The molecule has 1 saturated heterocycles. The number of hydrogen-bond acceptors (Lipinski definition) is 8. The molecule has 2 rings (SSSR count). The van der Waals surface area contributed by atoms with E-state index in [1.165, 1.54) is 24.3 Å². The van der Waals surface area contributed by atoms with Crippen LogP contribution in [-0.4, -0.2) is 66.4 Å². The standard InChI is InChI=1S/C16H22N3O6/c1-13(20)18-10-8-17(9-11-18)7-2-12-24-16(21)25-15-5-3-14(4-6-15)19(22)23/h3-6,22H,2,7-12H2,1H3/q-1. The molecular formula is C16H22N3O6-. The molecule has 1 aliphatic rings. The highest BCUT2D eigenvalue weighted by Crippen LogP contribution is 2.18. The summed E-state index contributed by atoms with van der Waals surface area (Å²) in [5, 5.41) is 19.1. The number of piperazine rings is 1. The summed E-state index contributed by atoms with van der Waals surface area (Å²) in [6.45, 7) is 5.67. The number of benzene rings is 1. The molecule has 1 heterocycles. The average Bonchev–Trinajstić information content (AvgIpc) is 2.59. The van der Waals surface area contributed by atoms with Gasteiger partial charge in [0.25, 0.3) is 0 Å². The van der Waals surface area contributed by atoms with Crippen LogP contribution in [0, 0.1) is 5.21 Å². The summed E-state index contributed by atoms with van der Waals surface area (Å²) >= 11 is 0. The Morgan fingerprint density at radius 1 is 1.20 bits per heavy atom. The van der Waals surface area contributed by atoms with Gasteiger partial charge in [0.15, 0.2) is 0 Å². The summed E-state index contributed by atoms with van der Waals surface area (Å²) in [4.78, 5) is 26.9. The van der Waals surface area contributed by atoms with Crippen LogP contribution in [0.25, 0.3) is 0 Å². The number of carbonyl (C=O) groups is 2. The van der Waals surface area contributed by atoms with Crippen molar-refractivity contribution in [3.63, 3.8) is 0 Å². The first-order valence-corrected chi connectivity index (χ1v) is 8.04. The first-order valence-electron chi connectivity index (χ1n) is 8.04. The molecule has 9 heteroatoms. The van der Waals surface area contributed by atoms with E-state index in [9.17, 15) is 14.8 Å². The molecule has 0 radical (unpaired) electrons. The number of rotatable bonds is 6. The van der Waals surface area contributed by atoms with Gasteiger partial charge in [-0.1, -0.05) is 0 Å². The van der Waals surface area contributed by atoms with E-state index in [0.29, 0.717) is 6.42 Å². The van der Waals surface area contributed by atoms with Crippen molar-refractivity contribution in [2.24, 2.45) is 0 Å². The van der Waals surface area contributed by atoms with Gasteiger partial charge in [-0.15, -0.1) is 0 Å². The van der Waals surface area contributed by atoms with Crippen molar-refractivity contribution in [3.05, 3.63) is 29.5 Å². The Morgan fingerprint density at radius 3 is 2.40 bits per heavy atom. The Hall–Kier alpha value is -2.36. The van der Waals surface area contributed by atoms with E-state index < -0.39 is 6.16 Å². The summed E-state index contributed by atoms with van der Waals surface area (Å²) in [5.41, 5.74) is 0.0330. The van der Waals surface area contributed by atoms with Gasteiger partial charge in [-0.2, -0.15) is 0 Å². The molecule has 0 saturated carbocycles. The second-order valence-electron chi connectivity index (χ2n) is 5.67. The van der Waals surface area contributed by atoms with Crippen LogP contribution < -0.4 is 9.96 Å². The van der Waals surface area contributed by atoms with Gasteiger partial charge in [0.2, 0.25) is 5.91 Å². The third-order valence-electron chi connectivity index (χ3n) is 3.91. The van der Waals surface area contributed by atoms with E-state index in [-0.39, 0.29) is 29.2 Å². The molecule has 1 aromatic carbocycles. The molecule has 138 valence electrons. The third kappa shape index (κ3) is 6.22. The number of anilines is 1. The lowest BCUT2D eigenvalue weighted by atomic mass is 10.3. The van der Waals surface area contributed by atoms with Crippen LogP contribution in [0.3, 0.4) is 0 Å². The minimum atomic E-state index is -0.822. The molecular weight excluding hydrogens is 330 g/mol. The van der Waals surface area contributed by atoms with E-state index in [0.717, 1.165) is 32.7 Å². The van der Waals surface area contributed by atoms with E-state index in [2.05, 4.69) is 4.90 Å². The van der Waals surface area contributed by atoms with Crippen molar-refractivity contribution in [1.82, 2.24) is 9.80 Å². The molecule has 0 aliphatic carbocycles. The average molecular weight is 352 g/mol. The molecule has 1 aromatic rings. The highest BCUT2D eigenvalue weighted by atomic mass is 16.8. The summed E-state index contributed by atoms with van der Waals surface area (Å²) in [7, 11) is 0. The first-order chi connectivity index (χ1) is 12.0. The van der Waals surface area contributed by atoms with E-state index in [1.54, 1.807) is 6.92 Å². The smallest absolute Gasteiger partial charge is 0.513 e. The van der Waals surface area contributed by atoms with Crippen LogP contribution in [0.5, 0.6) is 5.75 Å². The molecule has 0 atom stereocenters. The molecule has 0 bridgehead atoms. The zero-order valence-corrected chi connectivity index (χ0v) is 14.1. The van der Waals surface area contributed by atoms with Crippen molar-refractivity contribution in [2.45, 2.75) is 13.3 Å². The number of amides is 1. The van der Waals surface area contributed by atoms with E-state index in [1.807, 2.05) is 4.90 Å². The Balaban J connectivity index is 1.60. The molecule has 1 fully saturated rings. The first kappa shape index (κ1) is 19.0. The van der Waals surface area contributed by atoms with Crippen LogP contribution in [0.1, 0.15) is 13.3 Å². The number of hydrogen-bond donors (Lipinski definition) is 1. The zero-order valence-electron chi connectivity index (χ0n) is 14.1. The van der Waals surface area contributed by atoms with Crippen molar-refractivity contribution < 1.29 is 24.3 Å². The second-order valence-corrected chi connectivity index (χ2v) is 5.67. The van der Waals surface area contributed by atoms with E-state index in [4.69, 9.17) is 14.7 Å². The fourth-order valence-corrected chi connectivity index (χ4v) is 2.50. The molecule has 0 spiro atoms. The molecule has 9 nitrogen and oxygen atoms in total. The fourth-order valence-electron chi connectivity index (χ4n) is 2.50. The number of carbonyl (C=O) groups excluding carboxylic acids is 2. The van der Waals surface area contributed by atoms with Crippen LogP contribution in [0.2, 0.25) is 0 Å². The Kier molecular flexibility index (Phi) is 6.99. The summed E-state index contributed by atoms with van der Waals surface area (Å²) < 4.78 is 9.96. The highest BCUT2D eigenvalue weighted by Gasteiger charge is 2.18. The SMILES string of the molecule is CC(=O)N1CCN(CCCOC(=O)Oc2ccc(N([O-])O)cc2)CC1. The molecule has 1 amide bonds. The summed E-state index contributed by atoms with van der Waals surface area (Å²) in [5.74, 6) is 0.316. The lowest BCUT2D eigenvalue weighted by molar-refractivity contribution is -0.130. The van der Waals surface area contributed by atoms with Gasteiger partial charge in [0, 0.05) is 39.6 Å². The minimum absolute atomic E-state index is 0.0330. The van der Waals surface area contributed by atoms with Crippen molar-refractivity contribution >= 4 is 17.7 Å². The molecule has 1 N–H and O–H groups in total. The second kappa shape index (κ2) is 9.21. The third-order valence-corrected chi connectivity index (χ3v) is 3.91. The molecule has 0 unspecified atom stereocenters. The molecule has 0 aromatic heterocycles. The topological polar surface area (TPSA) is 106 Å². The summed E-state index contributed by atoms with van der Waals surface area (Å²) in [6.07, 6.45) is -0.152. The zero-order chi connectivity index (χ0) is 18.2. The summed E-state index contributed by atoms with van der Waals surface area (Å²) in [6, 6.07) is 5.39.